The molecule has 0 atom stereocenters. The van der Waals surface area contributed by atoms with Crippen molar-refractivity contribution in [2.24, 2.45) is 0 Å². The number of amides is 4. The summed E-state index contributed by atoms with van der Waals surface area (Å²) in [5, 5.41) is 30.9. The van der Waals surface area contributed by atoms with E-state index < -0.39 is 0 Å². The van der Waals surface area contributed by atoms with Crippen molar-refractivity contribution in [2.75, 3.05) is 110 Å². The van der Waals surface area contributed by atoms with Gasteiger partial charge in [0, 0.05) is 144 Å². The molecule has 11 aromatic rings. The lowest BCUT2D eigenvalue weighted by atomic mass is 9.44. The number of aromatic nitrogens is 9. The number of hydrogen-bond donors (Lipinski definition) is 8. The molecule has 2 aliphatic heterocycles. The zero-order chi connectivity index (χ0) is 87.1. The molecule has 14 aliphatic rings. The second-order valence-electron chi connectivity index (χ2n) is 35.6. The number of morpholine rings is 2. The average Bonchev–Trinajstić information content (AvgIpc) is 0.706. The van der Waals surface area contributed by atoms with E-state index in [0.29, 0.717) is 62.3 Å². The van der Waals surface area contributed by atoms with Gasteiger partial charge in [0.1, 0.15) is 58.9 Å². The van der Waals surface area contributed by atoms with Crippen molar-refractivity contribution in [3.8, 4) is 34.8 Å². The molecule has 12 saturated carbocycles. The van der Waals surface area contributed by atoms with E-state index in [1.807, 2.05) is 128 Å². The van der Waals surface area contributed by atoms with Crippen LogP contribution in [0.5, 0.6) is 23.0 Å². The van der Waals surface area contributed by atoms with Gasteiger partial charge in [-0.3, -0.25) is 28.3 Å². The van der Waals surface area contributed by atoms with Crippen LogP contribution >= 0.6 is 46.4 Å². The van der Waals surface area contributed by atoms with Crippen molar-refractivity contribution in [2.45, 2.75) is 149 Å². The van der Waals surface area contributed by atoms with E-state index in [4.69, 9.17) is 79.8 Å². The molecular formula is C93H99Cl4N19O10. The number of anilines is 6. The number of rotatable bonds is 28. The monoisotopic (exact) mass is 1780 g/mol. The fourth-order valence-corrected chi connectivity index (χ4v) is 20.3. The van der Waals surface area contributed by atoms with Crippen molar-refractivity contribution in [3.05, 3.63) is 232 Å². The minimum absolute atomic E-state index is 0.00174. The number of carbonyl (C=O) groups excluding carboxylic acids is 4. The van der Waals surface area contributed by atoms with Gasteiger partial charge in [0.15, 0.2) is 26.4 Å². The van der Waals surface area contributed by atoms with Crippen LogP contribution in [0.2, 0.25) is 20.1 Å². The maximum absolute atomic E-state index is 12.5. The number of halogens is 4. The summed E-state index contributed by atoms with van der Waals surface area (Å²) in [5.41, 5.74) is 7.31. The van der Waals surface area contributed by atoms with Gasteiger partial charge in [-0.2, -0.15) is 0 Å². The van der Waals surface area contributed by atoms with Crippen LogP contribution in [0.1, 0.15) is 99.3 Å². The standard InChI is InChI=1S/C26H28ClN5O3.C23H27ClN4O3.2C22H22ClN5O2/c1-17-10-19(3-4-21(17)27)35-12-23(33)31-26-13-25(14-26,15-26)30-18-2-5-22-20(11-18)24(29-16-28-22)32-6-8-34-9-7-32;1-16-11-17(5-6-18(16)24)31-12-21(29)27-23-13-22(14-23,15-23)26-19-3-2-4-20(25-19)28-7-9-30-10-8-28;1-15-8-17(2-3-18(15)23)30-10-20(29)27-22-11-21(12-22,13-22)26-16-4-5-25-19(9-16)28-7-6-24-14-28;1-15-8-17(4-5-18(15)23)30-11-19(29)27-22-12-21(13-22,14-22)26-16-9-24-20(25-10-16)28-6-2-3-7-28/h2-5,10-11,16,30H,6-9,12-15H2,1H3,(H,31,33);2-6,11H,7-10,12-15H2,1H3,(H,25,26)(H,27,29);2-9,14H,10-13H2,1H3,(H,25,26)(H,27,29);2-10,26H,11-14H2,1H3,(H,27,29). The highest BCUT2D eigenvalue weighted by atomic mass is 35.5. The number of hydrogen-bond acceptors (Lipinski definition) is 23. The van der Waals surface area contributed by atoms with Gasteiger partial charge in [-0.1, -0.05) is 52.5 Å². The third kappa shape index (κ3) is 18.9. The second-order valence-corrected chi connectivity index (χ2v) is 37.2. The molecule has 25 rings (SSSR count). The molecule has 5 aromatic carbocycles. The normalized spacial score (nSPS) is 24.8. The highest BCUT2D eigenvalue weighted by Crippen LogP contribution is 2.65. The highest BCUT2D eigenvalue weighted by Gasteiger charge is 2.71. The zero-order valence-corrected chi connectivity index (χ0v) is 73.4. The van der Waals surface area contributed by atoms with Crippen LogP contribution in [0.15, 0.2) is 189 Å². The highest BCUT2D eigenvalue weighted by molar-refractivity contribution is 6.32. The number of pyridine rings is 2. The number of benzene rings is 5. The lowest BCUT2D eigenvalue weighted by Crippen LogP contribution is -2.81. The molecule has 8 heterocycles. The second kappa shape index (κ2) is 34.9. The van der Waals surface area contributed by atoms with E-state index in [-0.39, 0.29) is 94.4 Å². The van der Waals surface area contributed by atoms with Gasteiger partial charge >= 0.3 is 0 Å². The molecule has 8 N–H and O–H groups in total. The van der Waals surface area contributed by atoms with Crippen molar-refractivity contribution in [1.82, 2.24) is 65.3 Å². The molecule has 4 amide bonds. The third-order valence-corrected chi connectivity index (χ3v) is 27.0. The third-order valence-electron chi connectivity index (χ3n) is 25.3. The Balaban J connectivity index is 0.000000114. The van der Waals surface area contributed by atoms with Crippen LogP contribution in [0.4, 0.5) is 34.5 Å². The Kier molecular flexibility index (Phi) is 23.6. The van der Waals surface area contributed by atoms with E-state index in [0.717, 1.165) is 190 Å². The van der Waals surface area contributed by atoms with Crippen LogP contribution in [0, 0.1) is 27.7 Å². The summed E-state index contributed by atoms with van der Waals surface area (Å²) in [6, 6.07) is 41.8. The van der Waals surface area contributed by atoms with Crippen LogP contribution in [0.25, 0.3) is 22.7 Å². The van der Waals surface area contributed by atoms with Crippen molar-refractivity contribution < 1.29 is 47.6 Å². The average molecular weight is 1780 g/mol. The van der Waals surface area contributed by atoms with E-state index in [1.165, 1.54) is 0 Å². The Hall–Kier alpha value is -11.7. The molecule has 6 aromatic heterocycles. The minimum Gasteiger partial charge on any atom is -0.484 e. The van der Waals surface area contributed by atoms with Gasteiger partial charge in [-0.15, -0.1) is 0 Å². The number of carbonyl (C=O) groups is 4. The number of fused-ring (bicyclic) bond motifs is 1. The summed E-state index contributed by atoms with van der Waals surface area (Å²) in [6.45, 7) is 14.0. The maximum Gasteiger partial charge on any atom is 0.258 e. The maximum atomic E-state index is 12.5. The number of nitrogens with zero attached hydrogens (tertiary/aromatic N) is 11. The molecule has 14 fully saturated rings. The molecular weight excluding hydrogens is 1680 g/mol. The van der Waals surface area contributed by atoms with Gasteiger partial charge in [-0.05, 0) is 248 Å². The predicted molar refractivity (Wildman–Crippen MR) is 484 cm³/mol. The predicted octanol–water partition coefficient (Wildman–Crippen LogP) is 13.9. The molecule has 12 aliphatic carbocycles. The van der Waals surface area contributed by atoms with Gasteiger partial charge in [-0.25, -0.2) is 34.9 Å². The fraction of sp³-hybridized carbons (Fsp3) is 0.387. The smallest absolute Gasteiger partial charge is 0.258 e. The Morgan fingerprint density at radius 2 is 0.817 bits per heavy atom. The summed E-state index contributed by atoms with van der Waals surface area (Å²) in [6.07, 6.45) is 27.0. The number of aryl methyl sites for hydroxylation is 4. The molecule has 0 spiro atoms. The number of ether oxygens (including phenoxy) is 6. The molecule has 654 valence electrons. The van der Waals surface area contributed by atoms with Gasteiger partial charge in [0.25, 0.3) is 23.6 Å². The zero-order valence-electron chi connectivity index (χ0n) is 70.4. The Bertz CT molecular complexity index is 5800. The minimum atomic E-state index is -0.123. The SMILES string of the molecule is Cc1cc(OCC(=O)NC23CC(Nc4ccc5ncnc(N6CCOCC6)c5c4)(C2)C3)ccc1Cl.Cc1cc(OCC(=O)NC23CC(Nc4cccc(N5CCOCC5)n4)(C2)C3)ccc1Cl.Cc1cc(OCC(=O)NC23CC(Nc4ccnc(-n5ccnc5)c4)(C2)C3)ccc1Cl.Cc1cc(OCC(=O)NC23CC(Nc4cnc(-n5cccc5)nc4)(C2)C3)ccc1Cl. The quantitative estimate of drug-likeness (QED) is 0.0226. The van der Waals surface area contributed by atoms with E-state index >= 15 is 0 Å². The Morgan fingerprint density at radius 3 is 1.25 bits per heavy atom. The van der Waals surface area contributed by atoms with Crippen LogP contribution in [-0.2, 0) is 28.7 Å². The first kappa shape index (κ1) is 85.1. The van der Waals surface area contributed by atoms with E-state index in [1.54, 1.807) is 86.0 Å². The Morgan fingerprint density at radius 1 is 0.397 bits per heavy atom. The first-order valence-electron chi connectivity index (χ1n) is 42.5. The first-order chi connectivity index (χ1) is 60.8. The number of imidazole rings is 1. The van der Waals surface area contributed by atoms with E-state index in [9.17, 15) is 19.2 Å². The first-order valence-corrected chi connectivity index (χ1v) is 44.0. The molecule has 0 radical (unpaired) electrons. The van der Waals surface area contributed by atoms with Gasteiger partial charge < -0.3 is 80.8 Å². The van der Waals surface area contributed by atoms with Crippen LogP contribution in [0.3, 0.4) is 0 Å². The summed E-state index contributed by atoms with van der Waals surface area (Å²) < 4.78 is 37.1. The summed E-state index contributed by atoms with van der Waals surface area (Å²) in [7, 11) is 0. The van der Waals surface area contributed by atoms with Crippen LogP contribution in [-0.4, -0.2) is 191 Å². The largest absolute Gasteiger partial charge is 0.484 e. The molecule has 8 bridgehead atoms. The lowest BCUT2D eigenvalue weighted by molar-refractivity contribution is -0.136. The summed E-state index contributed by atoms with van der Waals surface area (Å²) in [4.78, 5) is 85.1. The molecule has 29 nitrogen and oxygen atoms in total. The summed E-state index contributed by atoms with van der Waals surface area (Å²) in [5.74, 6) is 6.51. The lowest BCUT2D eigenvalue weighted by Gasteiger charge is -2.70. The van der Waals surface area contributed by atoms with Gasteiger partial charge in [0.2, 0.25) is 5.95 Å². The molecule has 33 heteroatoms. The number of nitrogens with one attached hydrogen (secondary N) is 8. The Labute approximate surface area is 749 Å². The van der Waals surface area contributed by atoms with Crippen molar-refractivity contribution >= 4 is 115 Å². The van der Waals surface area contributed by atoms with Crippen LogP contribution < -0.4 is 71.3 Å². The van der Waals surface area contributed by atoms with Crippen molar-refractivity contribution in [1.29, 1.82) is 0 Å². The van der Waals surface area contributed by atoms with E-state index in [2.05, 4.69) is 94.4 Å². The van der Waals surface area contributed by atoms with Crippen molar-refractivity contribution in [3.63, 3.8) is 0 Å². The summed E-state index contributed by atoms with van der Waals surface area (Å²) >= 11 is 24.1. The fourth-order valence-electron chi connectivity index (χ4n) is 19.8. The molecule has 2 saturated heterocycles. The molecule has 0 unspecified atom stereocenters. The molecule has 126 heavy (non-hydrogen) atoms. The van der Waals surface area contributed by atoms with Gasteiger partial charge in [0.05, 0.1) is 50.0 Å². The topological polar surface area (TPSA) is 326 Å².